The van der Waals surface area contributed by atoms with E-state index in [2.05, 4.69) is 17.2 Å². The molecular weight excluding hydrogens is 406 g/mol. The highest BCUT2D eigenvalue weighted by atomic mass is 16.2. The lowest BCUT2D eigenvalue weighted by atomic mass is 9.99. The Bertz CT molecular complexity index is 826. The highest BCUT2D eigenvalue weighted by Gasteiger charge is 2.23. The largest absolute Gasteiger partial charge is 0.339 e. The molecule has 1 aromatic rings. The number of imide groups is 1. The molecule has 1 atom stereocenters. The van der Waals surface area contributed by atoms with Crippen LogP contribution < -0.4 is 11.1 Å². The van der Waals surface area contributed by atoms with Crippen LogP contribution in [0.25, 0.3) is 0 Å². The summed E-state index contributed by atoms with van der Waals surface area (Å²) in [5, 5.41) is 2.09. The van der Waals surface area contributed by atoms with E-state index < -0.39 is 5.91 Å². The maximum atomic E-state index is 13.2. The molecule has 0 saturated heterocycles. The number of nitrogens with one attached hydrogen (secondary N) is 1. The molecule has 0 aromatic heterocycles. The number of carbonyl (C=O) groups is 4. The van der Waals surface area contributed by atoms with Crippen LogP contribution in [0.5, 0.6) is 0 Å². The zero-order chi connectivity index (χ0) is 23.8. The van der Waals surface area contributed by atoms with Crippen LogP contribution in [0.2, 0.25) is 0 Å². The quantitative estimate of drug-likeness (QED) is 0.262. The van der Waals surface area contributed by atoms with Gasteiger partial charge in [-0.15, -0.1) is 0 Å². The molecule has 0 heterocycles. The second kappa shape index (κ2) is 15.8. The number of hydrogen-bond acceptors (Lipinski definition) is 5. The third-order valence-electron chi connectivity index (χ3n) is 5.41. The molecule has 0 aliphatic carbocycles. The second-order valence-corrected chi connectivity index (χ2v) is 7.84. The number of nitrogens with two attached hydrogens (primary N) is 1. The van der Waals surface area contributed by atoms with Gasteiger partial charge in [0.15, 0.2) is 6.29 Å². The minimum atomic E-state index is -0.396. The van der Waals surface area contributed by atoms with Gasteiger partial charge in [0.25, 0.3) is 5.91 Å². The molecule has 3 N–H and O–H groups in total. The van der Waals surface area contributed by atoms with Crippen LogP contribution in [0.4, 0.5) is 0 Å². The van der Waals surface area contributed by atoms with Gasteiger partial charge in [-0.1, -0.05) is 49.7 Å². The lowest BCUT2D eigenvalue weighted by molar-refractivity contribution is -0.125. The molecule has 1 unspecified atom stereocenters. The summed E-state index contributed by atoms with van der Waals surface area (Å²) >= 11 is 0. The normalized spacial score (nSPS) is 11.1. The first kappa shape index (κ1) is 27.1. The first-order valence-corrected chi connectivity index (χ1v) is 11.2. The maximum Gasteiger partial charge on any atom is 0.255 e. The number of rotatable bonds is 14. The van der Waals surface area contributed by atoms with E-state index in [-0.39, 0.29) is 23.9 Å². The fraction of sp³-hybridized carbons (Fsp3) is 0.520. The van der Waals surface area contributed by atoms with Crippen molar-refractivity contribution in [1.82, 2.24) is 10.2 Å². The third-order valence-corrected chi connectivity index (χ3v) is 5.41. The van der Waals surface area contributed by atoms with Crippen molar-refractivity contribution in [3.8, 4) is 11.8 Å². The fourth-order valence-electron chi connectivity index (χ4n) is 3.28. The molecule has 7 nitrogen and oxygen atoms in total. The monoisotopic (exact) mass is 441 g/mol. The molecule has 1 rings (SSSR count). The van der Waals surface area contributed by atoms with Crippen molar-refractivity contribution < 1.29 is 19.2 Å². The van der Waals surface area contributed by atoms with Gasteiger partial charge < -0.3 is 10.6 Å². The van der Waals surface area contributed by atoms with E-state index in [1.807, 2.05) is 6.92 Å². The van der Waals surface area contributed by atoms with Gasteiger partial charge in [-0.2, -0.15) is 0 Å². The minimum absolute atomic E-state index is 0.117. The molecule has 0 bridgehead atoms. The van der Waals surface area contributed by atoms with Crippen LogP contribution in [0, 0.1) is 11.8 Å². The van der Waals surface area contributed by atoms with Gasteiger partial charge in [-0.3, -0.25) is 24.5 Å². The van der Waals surface area contributed by atoms with Gasteiger partial charge in [0.2, 0.25) is 12.3 Å². The number of benzene rings is 1. The van der Waals surface area contributed by atoms with Crippen LogP contribution in [0.3, 0.4) is 0 Å². The lowest BCUT2D eigenvalue weighted by Gasteiger charge is -2.26. The number of aldehydes is 1. The maximum absolute atomic E-state index is 13.2. The van der Waals surface area contributed by atoms with Crippen molar-refractivity contribution in [3.05, 3.63) is 34.9 Å². The Kier molecular flexibility index (Phi) is 13.3. The van der Waals surface area contributed by atoms with Crippen molar-refractivity contribution in [3.63, 3.8) is 0 Å². The summed E-state index contributed by atoms with van der Waals surface area (Å²) in [4.78, 5) is 48.1. The fourth-order valence-corrected chi connectivity index (χ4v) is 3.28. The molecule has 3 amide bonds. The van der Waals surface area contributed by atoms with Crippen LogP contribution >= 0.6 is 0 Å². The van der Waals surface area contributed by atoms with Crippen molar-refractivity contribution in [2.75, 3.05) is 13.6 Å². The van der Waals surface area contributed by atoms with E-state index in [1.165, 1.54) is 24.2 Å². The van der Waals surface area contributed by atoms with Crippen molar-refractivity contribution in [1.29, 1.82) is 0 Å². The standard InChI is InChI=1S/C25H35N3O4/c1-20(15-16-23(31)27-19-30)28(2)25(32)24-21(13-11-14-22(24)18-29)12-9-7-5-3-4-6-8-10-17-26/h11,13-14,18-20H,3-8,10,15-17,26H2,1-2H3,(H,27,30,31). The second-order valence-electron chi connectivity index (χ2n) is 7.84. The van der Waals surface area contributed by atoms with Crippen molar-refractivity contribution >= 4 is 24.5 Å². The zero-order valence-corrected chi connectivity index (χ0v) is 19.2. The predicted octanol–water partition coefficient (Wildman–Crippen LogP) is 3.05. The van der Waals surface area contributed by atoms with Gasteiger partial charge in [-0.05, 0) is 38.8 Å². The Hall–Kier alpha value is -2.98. The number of unbranched alkanes of at least 4 members (excludes halogenated alkanes) is 6. The van der Waals surface area contributed by atoms with Gasteiger partial charge in [-0.25, -0.2) is 0 Å². The van der Waals surface area contributed by atoms with Crippen molar-refractivity contribution in [2.24, 2.45) is 5.73 Å². The van der Waals surface area contributed by atoms with Crippen LogP contribution in [-0.2, 0) is 9.59 Å². The van der Waals surface area contributed by atoms with E-state index >= 15 is 0 Å². The molecule has 32 heavy (non-hydrogen) atoms. The number of carbonyl (C=O) groups excluding carboxylic acids is 4. The first-order chi connectivity index (χ1) is 15.5. The average molecular weight is 442 g/mol. The SMILES string of the molecule is CC(CCC(=O)NC=O)N(C)C(=O)c1c(C#CCCCCCCCCN)cccc1C=O. The Morgan fingerprint density at radius 3 is 2.47 bits per heavy atom. The summed E-state index contributed by atoms with van der Waals surface area (Å²) in [5.74, 6) is 5.48. The van der Waals surface area contributed by atoms with E-state index in [9.17, 15) is 19.2 Å². The molecule has 0 saturated carbocycles. The molecular formula is C25H35N3O4. The average Bonchev–Trinajstić information content (AvgIpc) is 2.80. The number of nitrogens with zero attached hydrogens (tertiary/aromatic N) is 1. The summed E-state index contributed by atoms with van der Waals surface area (Å²) < 4.78 is 0. The number of amides is 3. The van der Waals surface area contributed by atoms with E-state index in [1.54, 1.807) is 25.2 Å². The van der Waals surface area contributed by atoms with Crippen LogP contribution in [0.1, 0.15) is 91.0 Å². The lowest BCUT2D eigenvalue weighted by Crippen LogP contribution is -2.37. The molecule has 1 aromatic carbocycles. The number of hydrogen-bond donors (Lipinski definition) is 2. The minimum Gasteiger partial charge on any atom is -0.339 e. The molecule has 0 aliphatic heterocycles. The highest BCUT2D eigenvalue weighted by Crippen LogP contribution is 2.18. The topological polar surface area (TPSA) is 110 Å². The molecule has 0 radical (unpaired) electrons. The Labute approximate surface area is 191 Å². The molecule has 0 fully saturated rings. The summed E-state index contributed by atoms with van der Waals surface area (Å²) in [5.41, 5.74) is 6.60. The zero-order valence-electron chi connectivity index (χ0n) is 19.2. The van der Waals surface area contributed by atoms with Gasteiger partial charge in [0.05, 0.1) is 5.56 Å². The smallest absolute Gasteiger partial charge is 0.255 e. The Morgan fingerprint density at radius 1 is 1.12 bits per heavy atom. The summed E-state index contributed by atoms with van der Waals surface area (Å²) in [7, 11) is 1.63. The van der Waals surface area contributed by atoms with E-state index in [4.69, 9.17) is 5.73 Å². The first-order valence-electron chi connectivity index (χ1n) is 11.2. The predicted molar refractivity (Wildman–Crippen MR) is 125 cm³/mol. The highest BCUT2D eigenvalue weighted by molar-refractivity contribution is 6.03. The summed E-state index contributed by atoms with van der Waals surface area (Å²) in [6, 6.07) is 4.80. The summed E-state index contributed by atoms with van der Waals surface area (Å²) in [6.45, 7) is 2.56. The Balaban J connectivity index is 2.79. The van der Waals surface area contributed by atoms with Crippen LogP contribution in [-0.4, -0.2) is 49.0 Å². The Morgan fingerprint density at radius 2 is 1.81 bits per heavy atom. The van der Waals surface area contributed by atoms with E-state index in [0.29, 0.717) is 30.2 Å². The molecule has 7 heteroatoms. The van der Waals surface area contributed by atoms with Crippen LogP contribution in [0.15, 0.2) is 18.2 Å². The molecule has 174 valence electrons. The van der Waals surface area contributed by atoms with Gasteiger partial charge >= 0.3 is 0 Å². The molecule has 0 spiro atoms. The molecule has 0 aliphatic rings. The van der Waals surface area contributed by atoms with Gasteiger partial charge in [0.1, 0.15) is 0 Å². The third kappa shape index (κ3) is 9.44. The summed E-state index contributed by atoms with van der Waals surface area (Å²) in [6.07, 6.45) is 8.93. The van der Waals surface area contributed by atoms with Gasteiger partial charge in [0, 0.05) is 37.1 Å². The van der Waals surface area contributed by atoms with Crippen molar-refractivity contribution in [2.45, 2.75) is 70.8 Å². The van der Waals surface area contributed by atoms with E-state index in [0.717, 1.165) is 32.2 Å².